The second-order valence-electron chi connectivity index (χ2n) is 3.56. The molecule has 0 saturated carbocycles. The van der Waals surface area contributed by atoms with Crippen LogP contribution in [0, 0.1) is 0 Å². The summed E-state index contributed by atoms with van der Waals surface area (Å²) in [5, 5.41) is 3.34. The van der Waals surface area contributed by atoms with E-state index < -0.39 is 0 Å². The van der Waals surface area contributed by atoms with Crippen LogP contribution in [0.25, 0.3) is 0 Å². The quantitative estimate of drug-likeness (QED) is 0.830. The van der Waals surface area contributed by atoms with Crippen LogP contribution in [0.4, 0.5) is 5.95 Å². The number of nitrogens with one attached hydrogen (secondary N) is 1. The predicted octanol–water partition coefficient (Wildman–Crippen LogP) is 0.323. The number of ether oxygens (including phenoxy) is 1. The third-order valence-electron chi connectivity index (χ3n) is 2.52. The summed E-state index contributed by atoms with van der Waals surface area (Å²) in [5.74, 6) is 0.793. The van der Waals surface area contributed by atoms with Crippen LogP contribution in [0.1, 0.15) is 0 Å². The summed E-state index contributed by atoms with van der Waals surface area (Å²) in [7, 11) is 1.72. The number of halogens is 1. The van der Waals surface area contributed by atoms with E-state index in [4.69, 9.17) is 4.74 Å². The summed E-state index contributed by atoms with van der Waals surface area (Å²) in [5.41, 5.74) is 0. The number of methoxy groups -OCH3 is 1. The lowest BCUT2D eigenvalue weighted by Gasteiger charge is -2.35. The van der Waals surface area contributed by atoms with Gasteiger partial charge in [0, 0.05) is 39.1 Å². The van der Waals surface area contributed by atoms with Gasteiger partial charge in [-0.1, -0.05) is 0 Å². The highest BCUT2D eigenvalue weighted by Crippen LogP contribution is 2.11. The van der Waals surface area contributed by atoms with Crippen molar-refractivity contribution in [1.29, 1.82) is 0 Å². The van der Waals surface area contributed by atoms with Gasteiger partial charge in [0.25, 0.3) is 0 Å². The average molecular weight is 245 g/mol. The first-order valence-electron chi connectivity index (χ1n) is 5.15. The normalized spacial score (nSPS) is 20.3. The standard InChI is InChI=1S/C10H16N4O.ClH/c1-15-8-9-7-11-5-6-14(9)10-12-3-2-4-13-10;/h2-4,9,11H,5-8H2,1H3;1H/t9-;/m1./s1. The van der Waals surface area contributed by atoms with Crippen molar-refractivity contribution < 1.29 is 4.74 Å². The molecule has 0 unspecified atom stereocenters. The lowest BCUT2D eigenvalue weighted by atomic mass is 10.2. The van der Waals surface area contributed by atoms with Crippen LogP contribution in [-0.2, 0) is 4.74 Å². The molecule has 0 amide bonds. The fraction of sp³-hybridized carbons (Fsp3) is 0.600. The maximum Gasteiger partial charge on any atom is 0.225 e. The Balaban J connectivity index is 0.00000128. The Bertz CT molecular complexity index is 296. The minimum atomic E-state index is 0. The maximum absolute atomic E-state index is 5.20. The van der Waals surface area contributed by atoms with Gasteiger partial charge in [0.05, 0.1) is 12.6 Å². The first-order chi connectivity index (χ1) is 7.42. The van der Waals surface area contributed by atoms with E-state index in [1.807, 2.05) is 6.07 Å². The second-order valence-corrected chi connectivity index (χ2v) is 3.56. The van der Waals surface area contributed by atoms with Crippen molar-refractivity contribution in [2.45, 2.75) is 6.04 Å². The van der Waals surface area contributed by atoms with Crippen molar-refractivity contribution in [2.75, 3.05) is 38.3 Å². The van der Waals surface area contributed by atoms with Crippen molar-refractivity contribution in [1.82, 2.24) is 15.3 Å². The van der Waals surface area contributed by atoms with Crippen LogP contribution in [0.2, 0.25) is 0 Å². The number of anilines is 1. The number of rotatable bonds is 3. The molecule has 1 aliphatic rings. The van der Waals surface area contributed by atoms with Crippen LogP contribution in [-0.4, -0.2) is 49.4 Å². The average Bonchev–Trinajstić information content (AvgIpc) is 2.31. The van der Waals surface area contributed by atoms with E-state index in [0.717, 1.165) is 25.6 Å². The molecule has 1 aliphatic heterocycles. The fourth-order valence-electron chi connectivity index (χ4n) is 1.81. The molecule has 6 heteroatoms. The molecule has 0 spiro atoms. The molecule has 1 N–H and O–H groups in total. The fourth-order valence-corrected chi connectivity index (χ4v) is 1.81. The molecular weight excluding hydrogens is 228 g/mol. The van der Waals surface area contributed by atoms with Crippen molar-refractivity contribution in [3.05, 3.63) is 18.5 Å². The number of aromatic nitrogens is 2. The minimum Gasteiger partial charge on any atom is -0.382 e. The van der Waals surface area contributed by atoms with Crippen LogP contribution >= 0.6 is 12.4 Å². The molecule has 2 rings (SSSR count). The molecular formula is C10H17ClN4O. The van der Waals surface area contributed by atoms with Gasteiger partial charge in [-0.05, 0) is 6.07 Å². The van der Waals surface area contributed by atoms with Crippen molar-refractivity contribution in [3.63, 3.8) is 0 Å². The van der Waals surface area contributed by atoms with Crippen LogP contribution in [0.3, 0.4) is 0 Å². The first-order valence-corrected chi connectivity index (χ1v) is 5.15. The second kappa shape index (κ2) is 6.62. The Morgan fingerprint density at radius 3 is 2.94 bits per heavy atom. The summed E-state index contributed by atoms with van der Waals surface area (Å²) in [4.78, 5) is 10.7. The third-order valence-corrected chi connectivity index (χ3v) is 2.52. The summed E-state index contributed by atoms with van der Waals surface area (Å²) < 4.78 is 5.20. The molecule has 1 saturated heterocycles. The van der Waals surface area contributed by atoms with E-state index in [0.29, 0.717) is 12.6 Å². The number of piperazine rings is 1. The van der Waals surface area contributed by atoms with Gasteiger partial charge in [0.15, 0.2) is 0 Å². The zero-order chi connectivity index (χ0) is 10.5. The topological polar surface area (TPSA) is 50.3 Å². The highest BCUT2D eigenvalue weighted by atomic mass is 35.5. The summed E-state index contributed by atoms with van der Waals surface area (Å²) >= 11 is 0. The lowest BCUT2D eigenvalue weighted by Crippen LogP contribution is -2.54. The van der Waals surface area contributed by atoms with E-state index in [9.17, 15) is 0 Å². The summed E-state index contributed by atoms with van der Waals surface area (Å²) in [6.07, 6.45) is 3.54. The van der Waals surface area contributed by atoms with E-state index in [-0.39, 0.29) is 12.4 Å². The SMILES string of the molecule is COC[C@H]1CNCCN1c1ncccn1.Cl. The van der Waals surface area contributed by atoms with Gasteiger partial charge in [-0.3, -0.25) is 0 Å². The zero-order valence-corrected chi connectivity index (χ0v) is 10.1. The molecule has 5 nitrogen and oxygen atoms in total. The molecule has 0 aromatic carbocycles. The highest BCUT2D eigenvalue weighted by Gasteiger charge is 2.23. The van der Waals surface area contributed by atoms with E-state index >= 15 is 0 Å². The van der Waals surface area contributed by atoms with E-state index in [1.54, 1.807) is 19.5 Å². The smallest absolute Gasteiger partial charge is 0.225 e. The monoisotopic (exact) mass is 244 g/mol. The molecule has 1 atom stereocenters. The van der Waals surface area contributed by atoms with Gasteiger partial charge in [0.1, 0.15) is 0 Å². The lowest BCUT2D eigenvalue weighted by molar-refractivity contribution is 0.170. The summed E-state index contributed by atoms with van der Waals surface area (Å²) in [6, 6.07) is 2.16. The predicted molar refractivity (Wildman–Crippen MR) is 65.2 cm³/mol. The van der Waals surface area contributed by atoms with Gasteiger partial charge >= 0.3 is 0 Å². The number of nitrogens with zero attached hydrogens (tertiary/aromatic N) is 3. The Morgan fingerprint density at radius 1 is 1.50 bits per heavy atom. The van der Waals surface area contributed by atoms with Gasteiger partial charge in [-0.2, -0.15) is 0 Å². The molecule has 2 heterocycles. The van der Waals surface area contributed by atoms with Gasteiger partial charge < -0.3 is 15.0 Å². The first kappa shape index (κ1) is 13.2. The molecule has 0 bridgehead atoms. The molecule has 0 radical (unpaired) electrons. The van der Waals surface area contributed by atoms with E-state index in [1.165, 1.54) is 0 Å². The largest absolute Gasteiger partial charge is 0.382 e. The number of hydrogen-bond donors (Lipinski definition) is 1. The Labute approximate surface area is 102 Å². The Kier molecular flexibility index (Phi) is 5.45. The van der Waals surface area contributed by atoms with Gasteiger partial charge in [-0.25, -0.2) is 9.97 Å². The van der Waals surface area contributed by atoms with Crippen molar-refractivity contribution >= 4 is 18.4 Å². The van der Waals surface area contributed by atoms with Crippen LogP contribution < -0.4 is 10.2 Å². The Hall–Kier alpha value is -0.910. The highest BCUT2D eigenvalue weighted by molar-refractivity contribution is 5.85. The zero-order valence-electron chi connectivity index (χ0n) is 9.30. The minimum absolute atomic E-state index is 0. The molecule has 16 heavy (non-hydrogen) atoms. The maximum atomic E-state index is 5.20. The molecule has 1 fully saturated rings. The van der Waals surface area contributed by atoms with E-state index in [2.05, 4.69) is 20.2 Å². The Morgan fingerprint density at radius 2 is 2.25 bits per heavy atom. The van der Waals surface area contributed by atoms with Crippen molar-refractivity contribution in [2.24, 2.45) is 0 Å². The third kappa shape index (κ3) is 3.04. The summed E-state index contributed by atoms with van der Waals surface area (Å²) in [6.45, 7) is 3.52. The van der Waals surface area contributed by atoms with Gasteiger partial charge in [0.2, 0.25) is 5.95 Å². The number of hydrogen-bond acceptors (Lipinski definition) is 5. The molecule has 0 aliphatic carbocycles. The van der Waals surface area contributed by atoms with Crippen LogP contribution in [0.5, 0.6) is 0 Å². The van der Waals surface area contributed by atoms with Crippen LogP contribution in [0.15, 0.2) is 18.5 Å². The molecule has 1 aromatic rings. The van der Waals surface area contributed by atoms with Gasteiger partial charge in [-0.15, -0.1) is 12.4 Å². The van der Waals surface area contributed by atoms with Crippen molar-refractivity contribution in [3.8, 4) is 0 Å². The molecule has 90 valence electrons. The molecule has 1 aromatic heterocycles.